The first-order chi connectivity index (χ1) is 9.98. The number of hydrogen-bond donors (Lipinski definition) is 2. The summed E-state index contributed by atoms with van der Waals surface area (Å²) in [6.45, 7) is 2.27. The zero-order valence-corrected chi connectivity index (χ0v) is 13.3. The van der Waals surface area contributed by atoms with Gasteiger partial charge in [-0.15, -0.1) is 0 Å². The standard InChI is InChI=1S/C16H25NO3S/c1-13(14-7-3-2-4-8-14)12-21(19,20)17-11-15-9-5-6-10-16(15)18/h2-4,7-8,13,15-18H,5-6,9-12H2,1H3. The summed E-state index contributed by atoms with van der Waals surface area (Å²) in [6, 6.07) is 9.66. The first-order valence-electron chi connectivity index (χ1n) is 7.68. The third-order valence-electron chi connectivity index (χ3n) is 4.27. The van der Waals surface area contributed by atoms with E-state index in [1.165, 1.54) is 0 Å². The van der Waals surface area contributed by atoms with Gasteiger partial charge in [0.2, 0.25) is 10.0 Å². The van der Waals surface area contributed by atoms with Crippen molar-refractivity contribution >= 4 is 10.0 Å². The zero-order chi connectivity index (χ0) is 15.3. The van der Waals surface area contributed by atoms with Gasteiger partial charge in [0.1, 0.15) is 0 Å². The van der Waals surface area contributed by atoms with E-state index in [0.29, 0.717) is 6.54 Å². The summed E-state index contributed by atoms with van der Waals surface area (Å²) < 4.78 is 27.0. The second-order valence-corrected chi connectivity index (χ2v) is 7.90. The fourth-order valence-electron chi connectivity index (χ4n) is 2.93. The van der Waals surface area contributed by atoms with Crippen LogP contribution in [0.1, 0.15) is 44.1 Å². The normalized spacial score (nSPS) is 24.7. The summed E-state index contributed by atoms with van der Waals surface area (Å²) in [6.07, 6.45) is 3.43. The van der Waals surface area contributed by atoms with Gasteiger partial charge in [-0.25, -0.2) is 13.1 Å². The molecule has 1 aromatic carbocycles. The van der Waals surface area contributed by atoms with Crippen LogP contribution in [0.4, 0.5) is 0 Å². The maximum Gasteiger partial charge on any atom is 0.212 e. The fourth-order valence-corrected chi connectivity index (χ4v) is 4.36. The third kappa shape index (κ3) is 5.09. The second kappa shape index (κ2) is 7.38. The first kappa shape index (κ1) is 16.5. The first-order valence-corrected chi connectivity index (χ1v) is 9.33. The van der Waals surface area contributed by atoms with Crippen molar-refractivity contribution in [2.24, 2.45) is 5.92 Å². The van der Waals surface area contributed by atoms with E-state index in [1.807, 2.05) is 37.3 Å². The molecule has 0 bridgehead atoms. The van der Waals surface area contributed by atoms with Crippen LogP contribution < -0.4 is 4.72 Å². The fraction of sp³-hybridized carbons (Fsp3) is 0.625. The number of sulfonamides is 1. The van der Waals surface area contributed by atoms with Gasteiger partial charge in [-0.1, -0.05) is 50.1 Å². The molecule has 0 spiro atoms. The predicted molar refractivity (Wildman–Crippen MR) is 84.6 cm³/mol. The molecule has 0 heterocycles. The average Bonchev–Trinajstić information content (AvgIpc) is 2.47. The molecule has 1 fully saturated rings. The van der Waals surface area contributed by atoms with E-state index in [1.54, 1.807) is 0 Å². The Labute approximate surface area is 127 Å². The van der Waals surface area contributed by atoms with Gasteiger partial charge in [0.25, 0.3) is 0 Å². The molecule has 3 unspecified atom stereocenters. The van der Waals surface area contributed by atoms with Crippen LogP contribution in [0.3, 0.4) is 0 Å². The van der Waals surface area contributed by atoms with Crippen LogP contribution in [-0.4, -0.2) is 31.9 Å². The SMILES string of the molecule is CC(CS(=O)(=O)NCC1CCCCC1O)c1ccccc1. The molecule has 2 rings (SSSR count). The highest BCUT2D eigenvalue weighted by Crippen LogP contribution is 2.24. The van der Waals surface area contributed by atoms with Crippen LogP contribution in [0.25, 0.3) is 0 Å². The van der Waals surface area contributed by atoms with Gasteiger partial charge in [0.05, 0.1) is 11.9 Å². The molecule has 21 heavy (non-hydrogen) atoms. The lowest BCUT2D eigenvalue weighted by Crippen LogP contribution is -2.38. The number of nitrogens with one attached hydrogen (secondary N) is 1. The van der Waals surface area contributed by atoms with E-state index >= 15 is 0 Å². The van der Waals surface area contributed by atoms with Crippen molar-refractivity contribution in [2.45, 2.75) is 44.6 Å². The molecule has 1 aliphatic carbocycles. The minimum absolute atomic E-state index is 0.0417. The number of aliphatic hydroxyl groups excluding tert-OH is 1. The lowest BCUT2D eigenvalue weighted by Gasteiger charge is -2.27. The van der Waals surface area contributed by atoms with Gasteiger partial charge < -0.3 is 5.11 Å². The summed E-state index contributed by atoms with van der Waals surface area (Å²) in [5.41, 5.74) is 1.03. The minimum Gasteiger partial charge on any atom is -0.393 e. The molecule has 2 N–H and O–H groups in total. The predicted octanol–water partition coefficient (Wildman–Crippen LogP) is 2.26. The van der Waals surface area contributed by atoms with E-state index in [9.17, 15) is 13.5 Å². The van der Waals surface area contributed by atoms with E-state index in [0.717, 1.165) is 31.2 Å². The Morgan fingerprint density at radius 1 is 1.24 bits per heavy atom. The molecule has 1 saturated carbocycles. The molecule has 3 atom stereocenters. The number of benzene rings is 1. The Kier molecular flexibility index (Phi) is 5.79. The minimum atomic E-state index is -3.31. The van der Waals surface area contributed by atoms with Crippen molar-refractivity contribution < 1.29 is 13.5 Å². The maximum atomic E-state index is 12.2. The Hall–Kier alpha value is -0.910. The Bertz CT molecular complexity index is 530. The quantitative estimate of drug-likeness (QED) is 0.847. The Balaban J connectivity index is 1.87. The van der Waals surface area contributed by atoms with Crippen molar-refractivity contribution in [3.8, 4) is 0 Å². The van der Waals surface area contributed by atoms with Crippen molar-refractivity contribution in [1.29, 1.82) is 0 Å². The molecular weight excluding hydrogens is 286 g/mol. The molecule has 0 saturated heterocycles. The average molecular weight is 311 g/mol. The van der Waals surface area contributed by atoms with Crippen molar-refractivity contribution in [2.75, 3.05) is 12.3 Å². The van der Waals surface area contributed by atoms with Gasteiger partial charge in [-0.2, -0.15) is 0 Å². The van der Waals surface area contributed by atoms with E-state index in [-0.39, 0.29) is 23.7 Å². The molecule has 0 aliphatic heterocycles. The van der Waals surface area contributed by atoms with Crippen molar-refractivity contribution in [3.63, 3.8) is 0 Å². The topological polar surface area (TPSA) is 66.4 Å². The van der Waals surface area contributed by atoms with Crippen LogP contribution in [0, 0.1) is 5.92 Å². The number of rotatable bonds is 6. The molecule has 118 valence electrons. The summed E-state index contributed by atoms with van der Waals surface area (Å²) >= 11 is 0. The van der Waals surface area contributed by atoms with Crippen molar-refractivity contribution in [1.82, 2.24) is 4.72 Å². The summed E-state index contributed by atoms with van der Waals surface area (Å²) in [4.78, 5) is 0. The van der Waals surface area contributed by atoms with Crippen LogP contribution in [-0.2, 0) is 10.0 Å². The second-order valence-electron chi connectivity index (χ2n) is 6.05. The lowest BCUT2D eigenvalue weighted by molar-refractivity contribution is 0.0724. The largest absolute Gasteiger partial charge is 0.393 e. The lowest BCUT2D eigenvalue weighted by atomic mass is 9.87. The van der Waals surface area contributed by atoms with E-state index < -0.39 is 10.0 Å². The zero-order valence-electron chi connectivity index (χ0n) is 12.5. The van der Waals surface area contributed by atoms with E-state index in [4.69, 9.17) is 0 Å². The summed E-state index contributed by atoms with van der Waals surface area (Å²) in [5.74, 6) is 0.0975. The molecular formula is C16H25NO3S. The van der Waals surface area contributed by atoms with Crippen LogP contribution in [0.5, 0.6) is 0 Å². The number of aliphatic hydroxyl groups is 1. The number of hydrogen-bond acceptors (Lipinski definition) is 3. The molecule has 0 aromatic heterocycles. The van der Waals surface area contributed by atoms with Gasteiger partial charge in [0.15, 0.2) is 0 Å². The summed E-state index contributed by atoms with van der Waals surface area (Å²) in [5, 5.41) is 9.89. The van der Waals surface area contributed by atoms with Crippen LogP contribution in [0.15, 0.2) is 30.3 Å². The Morgan fingerprint density at radius 2 is 1.90 bits per heavy atom. The van der Waals surface area contributed by atoms with E-state index in [2.05, 4.69) is 4.72 Å². The molecule has 5 heteroatoms. The molecule has 1 aliphatic rings. The highest BCUT2D eigenvalue weighted by molar-refractivity contribution is 7.89. The monoisotopic (exact) mass is 311 g/mol. The smallest absolute Gasteiger partial charge is 0.212 e. The Morgan fingerprint density at radius 3 is 2.57 bits per heavy atom. The van der Waals surface area contributed by atoms with Gasteiger partial charge in [-0.3, -0.25) is 0 Å². The molecule has 0 amide bonds. The molecule has 4 nitrogen and oxygen atoms in total. The highest BCUT2D eigenvalue weighted by Gasteiger charge is 2.25. The van der Waals surface area contributed by atoms with Gasteiger partial charge in [0, 0.05) is 6.54 Å². The van der Waals surface area contributed by atoms with Gasteiger partial charge in [-0.05, 0) is 30.2 Å². The van der Waals surface area contributed by atoms with Crippen LogP contribution >= 0.6 is 0 Å². The van der Waals surface area contributed by atoms with Crippen molar-refractivity contribution in [3.05, 3.63) is 35.9 Å². The summed E-state index contributed by atoms with van der Waals surface area (Å²) in [7, 11) is -3.31. The third-order valence-corrected chi connectivity index (χ3v) is 5.82. The highest BCUT2D eigenvalue weighted by atomic mass is 32.2. The maximum absolute atomic E-state index is 12.2. The molecule has 1 aromatic rings. The van der Waals surface area contributed by atoms with Gasteiger partial charge >= 0.3 is 0 Å². The van der Waals surface area contributed by atoms with Crippen LogP contribution in [0.2, 0.25) is 0 Å². The molecule has 0 radical (unpaired) electrons.